The van der Waals surface area contributed by atoms with Crippen LogP contribution < -0.4 is 19.7 Å². The molecule has 39 heavy (non-hydrogen) atoms. The molecule has 4 rings (SSSR count). The van der Waals surface area contributed by atoms with Gasteiger partial charge in [-0.15, -0.1) is 0 Å². The number of hydrogen-bond donors (Lipinski definition) is 2. The number of ether oxygens (including phenoxy) is 2. The number of hydrogen-bond acceptors (Lipinski definition) is 6. The van der Waals surface area contributed by atoms with Crippen LogP contribution in [0.3, 0.4) is 0 Å². The number of nitrogens with zero attached hydrogens (tertiary/aromatic N) is 1. The van der Waals surface area contributed by atoms with E-state index in [4.69, 9.17) is 9.47 Å². The first-order valence-corrected chi connectivity index (χ1v) is 12.6. The fourth-order valence-electron chi connectivity index (χ4n) is 4.86. The van der Waals surface area contributed by atoms with E-state index < -0.39 is 17.7 Å². The topological polar surface area (TPSA) is 105 Å². The summed E-state index contributed by atoms with van der Waals surface area (Å²) in [6, 6.07) is 16.4. The van der Waals surface area contributed by atoms with Gasteiger partial charge >= 0.3 is 0 Å². The maximum Gasteiger partial charge on any atom is 0.300 e. The van der Waals surface area contributed by atoms with Gasteiger partial charge in [-0.2, -0.15) is 0 Å². The first-order chi connectivity index (χ1) is 18.6. The Morgan fingerprint density at radius 1 is 1.00 bits per heavy atom. The Balaban J connectivity index is 1.95. The minimum Gasteiger partial charge on any atom is -0.507 e. The van der Waals surface area contributed by atoms with E-state index in [1.165, 1.54) is 18.9 Å². The SMILES string of the molecule is COc1cccc(C2/C(=C(\O)c3cc(C(C)C)c(OC)cc3C)C(=O)C(=O)N2c2ccc(NC(C)=O)cc2)c1. The van der Waals surface area contributed by atoms with Gasteiger partial charge in [0.15, 0.2) is 0 Å². The van der Waals surface area contributed by atoms with Crippen molar-refractivity contribution in [2.45, 2.75) is 39.7 Å². The number of nitrogens with one attached hydrogen (secondary N) is 1. The monoisotopic (exact) mass is 528 g/mol. The molecule has 1 saturated heterocycles. The largest absolute Gasteiger partial charge is 0.507 e. The number of benzene rings is 3. The van der Waals surface area contributed by atoms with Gasteiger partial charge < -0.3 is 19.9 Å². The lowest BCUT2D eigenvalue weighted by atomic mass is 9.91. The Kier molecular flexibility index (Phi) is 7.76. The molecule has 1 aliphatic heterocycles. The smallest absolute Gasteiger partial charge is 0.300 e. The number of aliphatic hydroxyl groups excluding tert-OH is 1. The number of anilines is 2. The lowest BCUT2D eigenvalue weighted by Gasteiger charge is -2.26. The van der Waals surface area contributed by atoms with Crippen molar-refractivity contribution in [2.24, 2.45) is 0 Å². The lowest BCUT2D eigenvalue weighted by molar-refractivity contribution is -0.132. The van der Waals surface area contributed by atoms with E-state index in [2.05, 4.69) is 5.32 Å². The van der Waals surface area contributed by atoms with Crippen LogP contribution in [0.1, 0.15) is 55.0 Å². The van der Waals surface area contributed by atoms with Crippen LogP contribution in [0.25, 0.3) is 5.76 Å². The van der Waals surface area contributed by atoms with Crippen molar-refractivity contribution in [1.29, 1.82) is 0 Å². The van der Waals surface area contributed by atoms with E-state index in [0.29, 0.717) is 39.6 Å². The molecule has 3 aromatic carbocycles. The average Bonchev–Trinajstić information content (AvgIpc) is 3.18. The van der Waals surface area contributed by atoms with E-state index in [-0.39, 0.29) is 23.2 Å². The molecular formula is C31H32N2O6. The molecular weight excluding hydrogens is 496 g/mol. The van der Waals surface area contributed by atoms with Crippen LogP contribution in [0, 0.1) is 6.92 Å². The Morgan fingerprint density at radius 2 is 1.69 bits per heavy atom. The van der Waals surface area contributed by atoms with E-state index in [9.17, 15) is 19.5 Å². The van der Waals surface area contributed by atoms with Gasteiger partial charge in [0.05, 0.1) is 25.8 Å². The molecule has 1 atom stereocenters. The minimum atomic E-state index is -0.921. The summed E-state index contributed by atoms with van der Waals surface area (Å²) in [5.41, 5.74) is 3.57. The molecule has 0 bridgehead atoms. The summed E-state index contributed by atoms with van der Waals surface area (Å²) in [5, 5.41) is 14.4. The third-order valence-electron chi connectivity index (χ3n) is 6.77. The second-order valence-corrected chi connectivity index (χ2v) is 9.74. The summed E-state index contributed by atoms with van der Waals surface area (Å²) in [4.78, 5) is 39.9. The van der Waals surface area contributed by atoms with Crippen molar-refractivity contribution < 1.29 is 29.0 Å². The molecule has 1 fully saturated rings. The normalized spacial score (nSPS) is 16.5. The van der Waals surface area contributed by atoms with Crippen LogP contribution in [0.2, 0.25) is 0 Å². The second-order valence-electron chi connectivity index (χ2n) is 9.74. The van der Waals surface area contributed by atoms with Crippen molar-refractivity contribution in [1.82, 2.24) is 0 Å². The van der Waals surface area contributed by atoms with E-state index in [0.717, 1.165) is 5.56 Å². The number of methoxy groups -OCH3 is 2. The first-order valence-electron chi connectivity index (χ1n) is 12.6. The molecule has 1 unspecified atom stereocenters. The van der Waals surface area contributed by atoms with Crippen molar-refractivity contribution >= 4 is 34.7 Å². The Bertz CT molecular complexity index is 1470. The summed E-state index contributed by atoms with van der Waals surface area (Å²) in [7, 11) is 3.12. The molecule has 8 nitrogen and oxygen atoms in total. The van der Waals surface area contributed by atoms with Crippen molar-refractivity contribution in [3.8, 4) is 11.5 Å². The molecule has 0 radical (unpaired) electrons. The lowest BCUT2D eigenvalue weighted by Crippen LogP contribution is -2.29. The Hall–Kier alpha value is -4.59. The van der Waals surface area contributed by atoms with E-state index in [1.807, 2.05) is 32.9 Å². The molecule has 1 aliphatic rings. The fraction of sp³-hybridized carbons (Fsp3) is 0.258. The number of ketones is 1. The molecule has 3 aromatic rings. The number of carbonyl (C=O) groups is 3. The molecule has 0 saturated carbocycles. The summed E-state index contributed by atoms with van der Waals surface area (Å²) >= 11 is 0. The van der Waals surface area contributed by atoms with Gasteiger partial charge in [-0.05, 0) is 78.1 Å². The molecule has 0 aromatic heterocycles. The second kappa shape index (κ2) is 11.0. The number of Topliss-reactive ketones (excluding diaryl/α,β-unsaturated/α-hetero) is 1. The molecule has 2 amide bonds. The van der Waals surface area contributed by atoms with Gasteiger partial charge in [0, 0.05) is 23.9 Å². The van der Waals surface area contributed by atoms with Crippen LogP contribution in [0.5, 0.6) is 11.5 Å². The predicted octanol–water partition coefficient (Wildman–Crippen LogP) is 5.72. The van der Waals surface area contributed by atoms with Gasteiger partial charge in [-0.1, -0.05) is 26.0 Å². The zero-order valence-corrected chi connectivity index (χ0v) is 22.9. The summed E-state index contributed by atoms with van der Waals surface area (Å²) in [6.07, 6.45) is 0. The van der Waals surface area contributed by atoms with Crippen molar-refractivity contribution in [3.63, 3.8) is 0 Å². The highest BCUT2D eigenvalue weighted by molar-refractivity contribution is 6.51. The Morgan fingerprint density at radius 3 is 2.28 bits per heavy atom. The number of amides is 2. The maximum atomic E-state index is 13.6. The predicted molar refractivity (Wildman–Crippen MR) is 150 cm³/mol. The average molecular weight is 529 g/mol. The molecule has 0 aliphatic carbocycles. The van der Waals surface area contributed by atoms with E-state index >= 15 is 0 Å². The molecule has 0 spiro atoms. The van der Waals surface area contributed by atoms with Crippen molar-refractivity contribution in [2.75, 3.05) is 24.4 Å². The van der Waals surface area contributed by atoms with Crippen molar-refractivity contribution in [3.05, 3.63) is 88.5 Å². The third kappa shape index (κ3) is 5.23. The van der Waals surface area contributed by atoms with Crippen LogP contribution >= 0.6 is 0 Å². The number of aryl methyl sites for hydroxylation is 1. The standard InChI is InChI=1S/C31H32N2O6/c1-17(2)24-16-25(18(3)14-26(24)39-6)29(35)27-28(20-8-7-9-23(15-20)38-5)33(31(37)30(27)36)22-12-10-21(11-13-22)32-19(4)34/h7-17,28,35H,1-6H3,(H,32,34)/b29-27+. The van der Waals surface area contributed by atoms with Crippen LogP contribution in [0.4, 0.5) is 11.4 Å². The molecule has 202 valence electrons. The fourth-order valence-corrected chi connectivity index (χ4v) is 4.86. The number of aliphatic hydroxyl groups is 1. The van der Waals surface area contributed by atoms with Gasteiger partial charge in [0.1, 0.15) is 17.3 Å². The van der Waals surface area contributed by atoms with Gasteiger partial charge in [0.2, 0.25) is 5.91 Å². The number of carbonyl (C=O) groups excluding carboxylic acids is 3. The molecule has 1 heterocycles. The first kappa shape index (κ1) is 27.4. The zero-order valence-electron chi connectivity index (χ0n) is 22.9. The molecule has 2 N–H and O–H groups in total. The summed E-state index contributed by atoms with van der Waals surface area (Å²) in [5.74, 6) is -0.744. The van der Waals surface area contributed by atoms with Crippen LogP contribution in [-0.2, 0) is 14.4 Å². The van der Waals surface area contributed by atoms with Gasteiger partial charge in [0.25, 0.3) is 11.7 Å². The summed E-state index contributed by atoms with van der Waals surface area (Å²) < 4.78 is 11.0. The Labute approximate surface area is 227 Å². The molecule has 8 heteroatoms. The van der Waals surface area contributed by atoms with Crippen LogP contribution in [-0.4, -0.2) is 36.9 Å². The zero-order chi connectivity index (χ0) is 28.4. The van der Waals surface area contributed by atoms with E-state index in [1.54, 1.807) is 55.6 Å². The quantitative estimate of drug-likeness (QED) is 0.231. The maximum absolute atomic E-state index is 13.6. The van der Waals surface area contributed by atoms with Gasteiger partial charge in [-0.25, -0.2) is 0 Å². The number of rotatable bonds is 7. The van der Waals surface area contributed by atoms with Gasteiger partial charge in [-0.3, -0.25) is 19.3 Å². The minimum absolute atomic E-state index is 0.0258. The van der Waals surface area contributed by atoms with Crippen LogP contribution in [0.15, 0.2) is 66.2 Å². The highest BCUT2D eigenvalue weighted by atomic mass is 16.5. The highest BCUT2D eigenvalue weighted by Crippen LogP contribution is 2.44. The summed E-state index contributed by atoms with van der Waals surface area (Å²) in [6.45, 7) is 7.24. The third-order valence-corrected chi connectivity index (χ3v) is 6.77. The highest BCUT2D eigenvalue weighted by Gasteiger charge is 2.47.